The fraction of sp³-hybridized carbons (Fsp3) is 1.00. The zero-order valence-electron chi connectivity index (χ0n) is 11.4. The smallest absolute Gasteiger partial charge is 0.0607 e. The molecule has 0 aromatic carbocycles. The van der Waals surface area contributed by atoms with Crippen LogP contribution in [0.4, 0.5) is 0 Å². The lowest BCUT2D eigenvalue weighted by molar-refractivity contribution is 0.170. The molecule has 0 bridgehead atoms. The zero-order chi connectivity index (χ0) is 12.3. The van der Waals surface area contributed by atoms with Crippen LogP contribution in [0, 0.1) is 0 Å². The van der Waals surface area contributed by atoms with Gasteiger partial charge in [0.05, 0.1) is 6.61 Å². The second-order valence-corrected chi connectivity index (χ2v) is 6.65. The Morgan fingerprint density at radius 1 is 0.867 bits per heavy atom. The van der Waals surface area contributed by atoms with Gasteiger partial charge < -0.3 is 15.7 Å². The summed E-state index contributed by atoms with van der Waals surface area (Å²) < 4.78 is 0. The maximum atomic E-state index is 9.14. The molecule has 0 aromatic rings. The molecular formula is C12H28N2O. The van der Waals surface area contributed by atoms with E-state index in [1.807, 2.05) is 13.8 Å². The van der Waals surface area contributed by atoms with Crippen molar-refractivity contribution in [1.29, 1.82) is 0 Å². The Kier molecular flexibility index (Phi) is 4.77. The van der Waals surface area contributed by atoms with Crippen molar-refractivity contribution in [3.63, 3.8) is 0 Å². The van der Waals surface area contributed by atoms with Crippen LogP contribution in [0.1, 0.15) is 48.5 Å². The predicted molar refractivity (Wildman–Crippen MR) is 66.1 cm³/mol. The average Bonchev–Trinajstić information content (AvgIpc) is 1.97. The first kappa shape index (κ1) is 14.9. The van der Waals surface area contributed by atoms with Gasteiger partial charge in [-0.2, -0.15) is 0 Å². The minimum atomic E-state index is -0.211. The number of hydrogen-bond donors (Lipinski definition) is 3. The Bertz CT molecular complexity index is 192. The van der Waals surface area contributed by atoms with E-state index in [4.69, 9.17) is 5.11 Å². The van der Waals surface area contributed by atoms with Gasteiger partial charge in [0.2, 0.25) is 0 Å². The SMILES string of the molecule is CC(C)(C)NC(C)(C)CNC(C)(C)CO. The van der Waals surface area contributed by atoms with Crippen molar-refractivity contribution in [3.8, 4) is 0 Å². The van der Waals surface area contributed by atoms with E-state index in [2.05, 4.69) is 45.3 Å². The quantitative estimate of drug-likeness (QED) is 0.653. The fourth-order valence-electron chi connectivity index (χ4n) is 1.58. The zero-order valence-corrected chi connectivity index (χ0v) is 11.4. The summed E-state index contributed by atoms with van der Waals surface area (Å²) >= 11 is 0. The van der Waals surface area contributed by atoms with E-state index in [-0.39, 0.29) is 23.2 Å². The highest BCUT2D eigenvalue weighted by Gasteiger charge is 2.26. The summed E-state index contributed by atoms with van der Waals surface area (Å²) in [5.41, 5.74) is -0.0872. The van der Waals surface area contributed by atoms with Crippen LogP contribution in [0.15, 0.2) is 0 Å². The Balaban J connectivity index is 4.16. The van der Waals surface area contributed by atoms with Crippen LogP contribution in [0.5, 0.6) is 0 Å². The molecule has 0 atom stereocenters. The monoisotopic (exact) mass is 216 g/mol. The number of aliphatic hydroxyl groups is 1. The standard InChI is InChI=1S/C12H28N2O/c1-10(2,3)14-11(4,5)8-13-12(6,7)9-15/h13-15H,8-9H2,1-7H3. The van der Waals surface area contributed by atoms with E-state index in [1.165, 1.54) is 0 Å². The lowest BCUT2D eigenvalue weighted by Crippen LogP contribution is -2.58. The summed E-state index contributed by atoms with van der Waals surface area (Å²) in [6.45, 7) is 15.8. The van der Waals surface area contributed by atoms with Gasteiger partial charge in [-0.1, -0.05) is 0 Å². The molecule has 0 fully saturated rings. The third-order valence-electron chi connectivity index (χ3n) is 2.12. The molecule has 0 saturated carbocycles. The largest absolute Gasteiger partial charge is 0.394 e. The van der Waals surface area contributed by atoms with E-state index in [0.717, 1.165) is 6.54 Å². The van der Waals surface area contributed by atoms with Crippen molar-refractivity contribution in [2.45, 2.75) is 65.1 Å². The minimum Gasteiger partial charge on any atom is -0.394 e. The van der Waals surface area contributed by atoms with Crippen LogP contribution in [0.3, 0.4) is 0 Å². The molecule has 0 heterocycles. The lowest BCUT2D eigenvalue weighted by atomic mass is 9.97. The van der Waals surface area contributed by atoms with Crippen LogP contribution >= 0.6 is 0 Å². The van der Waals surface area contributed by atoms with Crippen LogP contribution in [-0.4, -0.2) is 34.9 Å². The number of hydrogen-bond acceptors (Lipinski definition) is 3. The van der Waals surface area contributed by atoms with Gasteiger partial charge in [-0.3, -0.25) is 0 Å². The van der Waals surface area contributed by atoms with E-state index >= 15 is 0 Å². The summed E-state index contributed by atoms with van der Waals surface area (Å²) in [7, 11) is 0. The minimum absolute atomic E-state index is 0.0185. The first-order valence-electron chi connectivity index (χ1n) is 5.63. The van der Waals surface area contributed by atoms with Gasteiger partial charge in [-0.15, -0.1) is 0 Å². The third kappa shape index (κ3) is 7.77. The molecule has 0 aliphatic carbocycles. The van der Waals surface area contributed by atoms with Crippen molar-refractivity contribution in [2.24, 2.45) is 0 Å². The summed E-state index contributed by atoms with van der Waals surface area (Å²) in [5.74, 6) is 0. The molecule has 0 amide bonds. The van der Waals surface area contributed by atoms with Crippen LogP contribution in [-0.2, 0) is 0 Å². The molecule has 0 unspecified atom stereocenters. The van der Waals surface area contributed by atoms with Crippen molar-refractivity contribution in [1.82, 2.24) is 10.6 Å². The molecule has 0 aliphatic rings. The van der Waals surface area contributed by atoms with Gasteiger partial charge in [0.15, 0.2) is 0 Å². The number of nitrogens with one attached hydrogen (secondary N) is 2. The normalized spacial score (nSPS) is 14.4. The van der Waals surface area contributed by atoms with Crippen LogP contribution in [0.2, 0.25) is 0 Å². The lowest BCUT2D eigenvalue weighted by Gasteiger charge is -2.37. The second kappa shape index (κ2) is 4.81. The number of rotatable bonds is 5. The Labute approximate surface area is 94.6 Å². The van der Waals surface area contributed by atoms with Gasteiger partial charge in [0.1, 0.15) is 0 Å². The van der Waals surface area contributed by atoms with E-state index < -0.39 is 0 Å². The highest BCUT2D eigenvalue weighted by atomic mass is 16.3. The highest BCUT2D eigenvalue weighted by Crippen LogP contribution is 2.11. The molecule has 0 radical (unpaired) electrons. The summed E-state index contributed by atoms with van der Waals surface area (Å²) in [6.07, 6.45) is 0. The molecule has 3 nitrogen and oxygen atoms in total. The van der Waals surface area contributed by atoms with Crippen molar-refractivity contribution in [3.05, 3.63) is 0 Å². The van der Waals surface area contributed by atoms with Crippen LogP contribution < -0.4 is 10.6 Å². The molecular weight excluding hydrogens is 188 g/mol. The molecule has 3 N–H and O–H groups in total. The van der Waals surface area contributed by atoms with Gasteiger partial charge in [0.25, 0.3) is 0 Å². The second-order valence-electron chi connectivity index (χ2n) is 6.65. The Morgan fingerprint density at radius 3 is 1.67 bits per heavy atom. The first-order chi connectivity index (χ1) is 6.47. The van der Waals surface area contributed by atoms with E-state index in [9.17, 15) is 0 Å². The van der Waals surface area contributed by atoms with E-state index in [1.54, 1.807) is 0 Å². The molecule has 92 valence electrons. The molecule has 15 heavy (non-hydrogen) atoms. The Hall–Kier alpha value is -0.120. The van der Waals surface area contributed by atoms with Crippen molar-refractivity contribution >= 4 is 0 Å². The maximum absolute atomic E-state index is 9.14. The number of aliphatic hydroxyl groups excluding tert-OH is 1. The van der Waals surface area contributed by atoms with Crippen molar-refractivity contribution in [2.75, 3.05) is 13.2 Å². The van der Waals surface area contributed by atoms with Crippen LogP contribution in [0.25, 0.3) is 0 Å². The van der Waals surface area contributed by atoms with Gasteiger partial charge in [0, 0.05) is 23.2 Å². The topological polar surface area (TPSA) is 44.3 Å². The van der Waals surface area contributed by atoms with Gasteiger partial charge in [-0.25, -0.2) is 0 Å². The summed E-state index contributed by atoms with van der Waals surface area (Å²) in [6, 6.07) is 0. The van der Waals surface area contributed by atoms with Gasteiger partial charge in [-0.05, 0) is 48.5 Å². The molecule has 0 saturated heterocycles. The molecule has 0 aliphatic heterocycles. The van der Waals surface area contributed by atoms with Crippen molar-refractivity contribution < 1.29 is 5.11 Å². The molecule has 3 heteroatoms. The van der Waals surface area contributed by atoms with Gasteiger partial charge >= 0.3 is 0 Å². The molecule has 0 spiro atoms. The predicted octanol–water partition coefficient (Wildman–Crippen LogP) is 1.51. The average molecular weight is 216 g/mol. The first-order valence-corrected chi connectivity index (χ1v) is 5.63. The molecule has 0 aromatic heterocycles. The Morgan fingerprint density at radius 2 is 1.33 bits per heavy atom. The molecule has 0 rings (SSSR count). The summed E-state index contributed by atoms with van der Waals surface area (Å²) in [5, 5.41) is 16.0. The summed E-state index contributed by atoms with van der Waals surface area (Å²) in [4.78, 5) is 0. The highest BCUT2D eigenvalue weighted by molar-refractivity contribution is 4.90. The third-order valence-corrected chi connectivity index (χ3v) is 2.12. The fourth-order valence-corrected chi connectivity index (χ4v) is 1.58. The van der Waals surface area contributed by atoms with E-state index in [0.29, 0.717) is 0 Å². The maximum Gasteiger partial charge on any atom is 0.0607 e.